The first-order chi connectivity index (χ1) is 13.6. The fraction of sp³-hybridized carbons (Fsp3) is 0.476. The number of aromatic nitrogens is 2. The number of hydrogen-bond donors (Lipinski definition) is 1. The van der Waals surface area contributed by atoms with E-state index in [9.17, 15) is 9.59 Å². The van der Waals surface area contributed by atoms with E-state index < -0.39 is 6.04 Å². The molecule has 1 aromatic heterocycles. The fourth-order valence-corrected chi connectivity index (χ4v) is 3.65. The van der Waals surface area contributed by atoms with E-state index in [2.05, 4.69) is 10.4 Å². The second kappa shape index (κ2) is 9.50. The van der Waals surface area contributed by atoms with Gasteiger partial charge in [-0.1, -0.05) is 30.3 Å². The lowest BCUT2D eigenvalue weighted by atomic mass is 10.1. The van der Waals surface area contributed by atoms with Crippen LogP contribution in [0.4, 0.5) is 0 Å². The van der Waals surface area contributed by atoms with E-state index in [-0.39, 0.29) is 11.8 Å². The molecule has 2 aromatic rings. The van der Waals surface area contributed by atoms with Gasteiger partial charge in [0, 0.05) is 51.4 Å². The smallest absolute Gasteiger partial charge is 0.244 e. The van der Waals surface area contributed by atoms with Crippen LogP contribution in [0.2, 0.25) is 0 Å². The zero-order chi connectivity index (χ0) is 19.9. The lowest BCUT2D eigenvalue weighted by molar-refractivity contribution is -0.135. The fourth-order valence-electron chi connectivity index (χ4n) is 3.65. The molecule has 28 heavy (non-hydrogen) atoms. The predicted molar refractivity (Wildman–Crippen MR) is 108 cm³/mol. The molecule has 7 heteroatoms. The highest BCUT2D eigenvalue weighted by Crippen LogP contribution is 2.17. The van der Waals surface area contributed by atoms with E-state index in [4.69, 9.17) is 0 Å². The summed E-state index contributed by atoms with van der Waals surface area (Å²) in [6.07, 6.45) is 5.63. The van der Waals surface area contributed by atoms with Crippen molar-refractivity contribution in [2.24, 2.45) is 7.05 Å². The molecular weight excluding hydrogens is 354 g/mol. The van der Waals surface area contributed by atoms with Crippen molar-refractivity contribution in [2.75, 3.05) is 33.2 Å². The van der Waals surface area contributed by atoms with Crippen LogP contribution in [0.25, 0.3) is 0 Å². The number of hydrogen-bond acceptors (Lipinski definition) is 4. The van der Waals surface area contributed by atoms with Crippen molar-refractivity contribution >= 4 is 11.8 Å². The molecule has 7 nitrogen and oxygen atoms in total. The van der Waals surface area contributed by atoms with Gasteiger partial charge in [-0.15, -0.1) is 0 Å². The quantitative estimate of drug-likeness (QED) is 0.818. The van der Waals surface area contributed by atoms with E-state index in [1.807, 2.05) is 53.4 Å². The summed E-state index contributed by atoms with van der Waals surface area (Å²) in [5.41, 5.74) is 2.03. The number of aryl methyl sites for hydroxylation is 2. The van der Waals surface area contributed by atoms with Crippen LogP contribution in [0.5, 0.6) is 0 Å². The van der Waals surface area contributed by atoms with Crippen LogP contribution in [0.15, 0.2) is 42.7 Å². The molecule has 1 aliphatic rings. The monoisotopic (exact) mass is 383 g/mol. The van der Waals surface area contributed by atoms with Crippen LogP contribution < -0.4 is 5.32 Å². The summed E-state index contributed by atoms with van der Waals surface area (Å²) >= 11 is 0. The summed E-state index contributed by atoms with van der Waals surface area (Å²) in [6.45, 7) is 2.52. The zero-order valence-electron chi connectivity index (χ0n) is 16.7. The van der Waals surface area contributed by atoms with E-state index in [0.29, 0.717) is 32.6 Å². The molecule has 2 heterocycles. The van der Waals surface area contributed by atoms with E-state index >= 15 is 0 Å². The van der Waals surface area contributed by atoms with Crippen molar-refractivity contribution in [2.45, 2.75) is 25.3 Å². The third-order valence-corrected chi connectivity index (χ3v) is 5.22. The van der Waals surface area contributed by atoms with Gasteiger partial charge in [0.2, 0.25) is 11.8 Å². The van der Waals surface area contributed by atoms with Crippen LogP contribution in [-0.4, -0.2) is 64.6 Å². The first kappa shape index (κ1) is 20.1. The molecule has 1 atom stereocenters. The molecule has 0 saturated carbocycles. The molecule has 1 unspecified atom stereocenters. The molecule has 1 aromatic carbocycles. The number of rotatable bonds is 6. The number of carbonyl (C=O) groups is 2. The maximum atomic E-state index is 13.0. The van der Waals surface area contributed by atoms with Gasteiger partial charge in [-0.05, 0) is 25.5 Å². The Morgan fingerprint density at radius 1 is 1.11 bits per heavy atom. The largest absolute Gasteiger partial charge is 0.341 e. The van der Waals surface area contributed by atoms with Crippen molar-refractivity contribution in [3.63, 3.8) is 0 Å². The number of carbonyl (C=O) groups excluding carboxylic acids is 2. The summed E-state index contributed by atoms with van der Waals surface area (Å²) < 4.78 is 1.70. The second-order valence-corrected chi connectivity index (χ2v) is 7.21. The Kier molecular flexibility index (Phi) is 6.81. The second-order valence-electron chi connectivity index (χ2n) is 7.21. The number of nitrogens with zero attached hydrogens (tertiary/aromatic N) is 4. The Morgan fingerprint density at radius 2 is 1.82 bits per heavy atom. The van der Waals surface area contributed by atoms with Gasteiger partial charge in [0.05, 0.1) is 6.20 Å². The summed E-state index contributed by atoms with van der Waals surface area (Å²) in [5.74, 6) is 0.199. The summed E-state index contributed by atoms with van der Waals surface area (Å²) in [5, 5.41) is 7.26. The van der Waals surface area contributed by atoms with Crippen molar-refractivity contribution in [3.8, 4) is 0 Å². The van der Waals surface area contributed by atoms with Gasteiger partial charge < -0.3 is 15.1 Å². The summed E-state index contributed by atoms with van der Waals surface area (Å²) in [7, 11) is 3.62. The average molecular weight is 383 g/mol. The first-order valence-corrected chi connectivity index (χ1v) is 9.85. The number of nitrogens with one attached hydrogen (secondary N) is 1. The number of likely N-dealkylation sites (N-methyl/N-ethyl adjacent to an activating group) is 1. The van der Waals surface area contributed by atoms with Gasteiger partial charge in [-0.3, -0.25) is 14.3 Å². The SMILES string of the molecule is CNC(C(=O)N1CCCN(C(=O)CCc2ccccc2)CC1)c1cnn(C)c1. The van der Waals surface area contributed by atoms with Crippen LogP contribution >= 0.6 is 0 Å². The lowest BCUT2D eigenvalue weighted by Crippen LogP contribution is -2.42. The third kappa shape index (κ3) is 4.98. The van der Waals surface area contributed by atoms with E-state index in [1.54, 1.807) is 17.9 Å². The summed E-state index contributed by atoms with van der Waals surface area (Å²) in [4.78, 5) is 29.4. The third-order valence-electron chi connectivity index (χ3n) is 5.22. The molecule has 1 aliphatic heterocycles. The summed E-state index contributed by atoms with van der Waals surface area (Å²) in [6, 6.07) is 9.66. The number of benzene rings is 1. The minimum Gasteiger partial charge on any atom is -0.341 e. The lowest BCUT2D eigenvalue weighted by Gasteiger charge is -2.26. The molecule has 0 bridgehead atoms. The Bertz CT molecular complexity index is 789. The van der Waals surface area contributed by atoms with Gasteiger partial charge in [-0.2, -0.15) is 5.10 Å². The topological polar surface area (TPSA) is 70.5 Å². The normalized spacial score (nSPS) is 15.9. The maximum absolute atomic E-state index is 13.0. The zero-order valence-corrected chi connectivity index (χ0v) is 16.7. The minimum absolute atomic E-state index is 0.0362. The van der Waals surface area contributed by atoms with Gasteiger partial charge in [0.25, 0.3) is 0 Å². The Labute approximate surface area is 166 Å². The first-order valence-electron chi connectivity index (χ1n) is 9.85. The molecule has 1 fully saturated rings. The van der Waals surface area contributed by atoms with Crippen molar-refractivity contribution in [1.29, 1.82) is 0 Å². The van der Waals surface area contributed by atoms with Crippen LogP contribution in [-0.2, 0) is 23.1 Å². The molecule has 1 saturated heterocycles. The van der Waals surface area contributed by atoms with Crippen molar-refractivity contribution in [1.82, 2.24) is 24.9 Å². The Hall–Kier alpha value is -2.67. The van der Waals surface area contributed by atoms with E-state index in [1.165, 1.54) is 5.56 Å². The average Bonchev–Trinajstić information content (AvgIpc) is 2.99. The van der Waals surface area contributed by atoms with E-state index in [0.717, 1.165) is 18.4 Å². The maximum Gasteiger partial charge on any atom is 0.244 e. The predicted octanol–water partition coefficient (Wildman–Crippen LogP) is 1.37. The van der Waals surface area contributed by atoms with Crippen molar-refractivity contribution in [3.05, 3.63) is 53.9 Å². The van der Waals surface area contributed by atoms with Gasteiger partial charge >= 0.3 is 0 Å². The standard InChI is InChI=1S/C21H29N5O2/c1-22-20(18-15-23-24(2)16-18)21(28)26-12-6-11-25(13-14-26)19(27)10-9-17-7-4-3-5-8-17/h3-5,7-8,15-16,20,22H,6,9-14H2,1-2H3. The Balaban J connectivity index is 1.55. The van der Waals surface area contributed by atoms with Gasteiger partial charge in [0.1, 0.15) is 6.04 Å². The minimum atomic E-state index is -0.408. The van der Waals surface area contributed by atoms with Gasteiger partial charge in [-0.25, -0.2) is 0 Å². The molecule has 0 spiro atoms. The highest BCUT2D eigenvalue weighted by molar-refractivity contribution is 5.83. The molecule has 1 N–H and O–H groups in total. The molecule has 0 aliphatic carbocycles. The van der Waals surface area contributed by atoms with Crippen LogP contribution in [0, 0.1) is 0 Å². The van der Waals surface area contributed by atoms with Crippen molar-refractivity contribution < 1.29 is 9.59 Å². The molecular formula is C21H29N5O2. The van der Waals surface area contributed by atoms with Gasteiger partial charge in [0.15, 0.2) is 0 Å². The molecule has 150 valence electrons. The molecule has 3 rings (SSSR count). The highest BCUT2D eigenvalue weighted by Gasteiger charge is 2.28. The Morgan fingerprint density at radius 3 is 2.50 bits per heavy atom. The van der Waals surface area contributed by atoms with Crippen LogP contribution in [0.3, 0.4) is 0 Å². The highest BCUT2D eigenvalue weighted by atomic mass is 16.2. The molecule has 2 amide bonds. The van der Waals surface area contributed by atoms with Crippen LogP contribution in [0.1, 0.15) is 30.0 Å². The number of amides is 2. The molecule has 0 radical (unpaired) electrons.